The lowest BCUT2D eigenvalue weighted by Crippen LogP contribution is -2.35. The van der Waals surface area contributed by atoms with Gasteiger partial charge in [-0.15, -0.1) is 6.58 Å². The molecule has 1 N–H and O–H groups in total. The van der Waals surface area contributed by atoms with Crippen LogP contribution in [-0.2, 0) is 9.59 Å². The van der Waals surface area contributed by atoms with Crippen LogP contribution in [0.4, 0.5) is 5.69 Å². The Balaban J connectivity index is 1.97. The molecule has 1 aliphatic rings. The first-order valence-electron chi connectivity index (χ1n) is 10.1. The monoisotopic (exact) mass is 485 g/mol. The quantitative estimate of drug-likeness (QED) is 0.439. The van der Waals surface area contributed by atoms with Gasteiger partial charge in [-0.25, -0.2) is 4.99 Å². The van der Waals surface area contributed by atoms with Crippen LogP contribution in [-0.4, -0.2) is 43.0 Å². The number of hydrogen-bond donors (Lipinski definition) is 1. The molecule has 1 unspecified atom stereocenters. The van der Waals surface area contributed by atoms with Gasteiger partial charge in [0.15, 0.2) is 5.17 Å². The zero-order valence-corrected chi connectivity index (χ0v) is 20.1. The second-order valence-electron chi connectivity index (χ2n) is 6.95. The van der Waals surface area contributed by atoms with E-state index in [1.54, 1.807) is 56.5 Å². The topological polar surface area (TPSA) is 80.2 Å². The predicted octanol–water partition coefficient (Wildman–Crippen LogP) is 4.52. The molecule has 0 saturated heterocycles. The number of halogens is 1. The summed E-state index contributed by atoms with van der Waals surface area (Å²) in [5.74, 6) is 0.632. The molecule has 1 aliphatic heterocycles. The van der Waals surface area contributed by atoms with Gasteiger partial charge in [0.2, 0.25) is 5.91 Å². The highest BCUT2D eigenvalue weighted by Crippen LogP contribution is 2.35. The van der Waals surface area contributed by atoms with Crippen LogP contribution >= 0.6 is 23.4 Å². The highest BCUT2D eigenvalue weighted by molar-refractivity contribution is 8.15. The van der Waals surface area contributed by atoms with Crippen LogP contribution in [0.25, 0.3) is 6.08 Å². The van der Waals surface area contributed by atoms with E-state index in [0.717, 1.165) is 5.56 Å². The van der Waals surface area contributed by atoms with Gasteiger partial charge in [0.1, 0.15) is 17.2 Å². The molecule has 33 heavy (non-hydrogen) atoms. The molecule has 0 bridgehead atoms. The summed E-state index contributed by atoms with van der Waals surface area (Å²) in [6.07, 6.45) is 3.30. The van der Waals surface area contributed by atoms with Crippen molar-refractivity contribution < 1.29 is 19.1 Å². The molecular weight excluding hydrogens is 462 g/mol. The summed E-state index contributed by atoms with van der Waals surface area (Å²) in [7, 11) is 3.09. The molecule has 7 nitrogen and oxygen atoms in total. The standard InChI is InChI=1S/C24H24ClN3O4S/c1-5-12-26-22(29)15(2)33-24-27-20(13-16-6-9-18(31-3)10-7-16)23(30)28(24)17-8-11-19(25)21(14-17)32-4/h5-11,13-15H,1,12H2,2-4H3,(H,26,29)/b20-13-. The zero-order chi connectivity index (χ0) is 24.0. The van der Waals surface area contributed by atoms with Gasteiger partial charge in [0, 0.05) is 12.6 Å². The Morgan fingerprint density at radius 3 is 2.61 bits per heavy atom. The van der Waals surface area contributed by atoms with Crippen LogP contribution in [0.3, 0.4) is 0 Å². The smallest absolute Gasteiger partial charge is 0.283 e. The third-order valence-corrected chi connectivity index (χ3v) is 6.08. The molecule has 0 spiro atoms. The first-order chi connectivity index (χ1) is 15.9. The summed E-state index contributed by atoms with van der Waals surface area (Å²) in [6.45, 7) is 5.71. The van der Waals surface area contributed by atoms with Gasteiger partial charge in [-0.3, -0.25) is 14.5 Å². The molecule has 172 valence electrons. The molecule has 0 fully saturated rings. The molecule has 2 amide bonds. The number of methoxy groups -OCH3 is 2. The van der Waals surface area contributed by atoms with E-state index in [1.165, 1.54) is 23.8 Å². The molecule has 3 rings (SSSR count). The number of carbonyl (C=O) groups is 2. The van der Waals surface area contributed by atoms with E-state index in [9.17, 15) is 9.59 Å². The number of thioether (sulfide) groups is 1. The first kappa shape index (κ1) is 24.4. The lowest BCUT2D eigenvalue weighted by Gasteiger charge is -2.20. The van der Waals surface area contributed by atoms with E-state index in [0.29, 0.717) is 33.9 Å². The van der Waals surface area contributed by atoms with Gasteiger partial charge < -0.3 is 14.8 Å². The highest BCUT2D eigenvalue weighted by Gasteiger charge is 2.34. The molecule has 2 aromatic carbocycles. The number of benzene rings is 2. The van der Waals surface area contributed by atoms with Gasteiger partial charge in [0.25, 0.3) is 5.91 Å². The number of carbonyl (C=O) groups excluding carboxylic acids is 2. The predicted molar refractivity (Wildman–Crippen MR) is 134 cm³/mol. The Labute approximate surface area is 202 Å². The number of amides is 2. The Morgan fingerprint density at radius 1 is 1.24 bits per heavy atom. The SMILES string of the molecule is C=CCNC(=O)C(C)SC1=N/C(=C\c2ccc(OC)cc2)C(=O)N1c1ccc(Cl)c(OC)c1. The van der Waals surface area contributed by atoms with Gasteiger partial charge in [0.05, 0.1) is 30.2 Å². The Hall–Kier alpha value is -3.23. The maximum atomic E-state index is 13.4. The number of amidine groups is 1. The van der Waals surface area contributed by atoms with Gasteiger partial charge in [-0.1, -0.05) is 41.6 Å². The van der Waals surface area contributed by atoms with Crippen molar-refractivity contribution in [1.29, 1.82) is 0 Å². The maximum absolute atomic E-state index is 13.4. The number of anilines is 1. The van der Waals surface area contributed by atoms with Crippen LogP contribution in [0, 0.1) is 0 Å². The van der Waals surface area contributed by atoms with Crippen molar-refractivity contribution in [1.82, 2.24) is 5.32 Å². The van der Waals surface area contributed by atoms with E-state index >= 15 is 0 Å². The van der Waals surface area contributed by atoms with Crippen LogP contribution in [0.2, 0.25) is 5.02 Å². The van der Waals surface area contributed by atoms with E-state index in [1.807, 2.05) is 12.1 Å². The summed E-state index contributed by atoms with van der Waals surface area (Å²) >= 11 is 7.35. The van der Waals surface area contributed by atoms with Gasteiger partial charge in [-0.05, 0) is 42.8 Å². The van der Waals surface area contributed by atoms with Crippen LogP contribution < -0.4 is 19.7 Å². The lowest BCUT2D eigenvalue weighted by atomic mass is 10.2. The number of nitrogens with zero attached hydrogens (tertiary/aromatic N) is 2. The van der Waals surface area contributed by atoms with Crippen LogP contribution in [0.5, 0.6) is 11.5 Å². The van der Waals surface area contributed by atoms with Crippen molar-refractivity contribution in [2.75, 3.05) is 25.7 Å². The number of aliphatic imine (C=N–C) groups is 1. The molecular formula is C24H24ClN3O4S. The van der Waals surface area contributed by atoms with Crippen molar-refractivity contribution in [2.45, 2.75) is 12.2 Å². The number of rotatable bonds is 8. The summed E-state index contributed by atoms with van der Waals surface area (Å²) in [4.78, 5) is 31.8. The third kappa shape index (κ3) is 5.77. The van der Waals surface area contributed by atoms with E-state index < -0.39 is 5.25 Å². The molecule has 0 aliphatic carbocycles. The largest absolute Gasteiger partial charge is 0.497 e. The molecule has 0 saturated carbocycles. The number of ether oxygens (including phenoxy) is 2. The van der Waals surface area contributed by atoms with Crippen molar-refractivity contribution in [3.63, 3.8) is 0 Å². The lowest BCUT2D eigenvalue weighted by molar-refractivity contribution is -0.120. The van der Waals surface area contributed by atoms with Crippen LogP contribution in [0.1, 0.15) is 12.5 Å². The fourth-order valence-electron chi connectivity index (χ4n) is 2.98. The van der Waals surface area contributed by atoms with Crippen molar-refractivity contribution in [2.24, 2.45) is 4.99 Å². The van der Waals surface area contributed by atoms with Gasteiger partial charge >= 0.3 is 0 Å². The number of nitrogens with one attached hydrogen (secondary N) is 1. The average molecular weight is 486 g/mol. The molecule has 0 radical (unpaired) electrons. The van der Waals surface area contributed by atoms with Crippen molar-refractivity contribution in [3.05, 3.63) is 71.4 Å². The Bertz CT molecular complexity index is 1120. The fraction of sp³-hybridized carbons (Fsp3) is 0.208. The minimum Gasteiger partial charge on any atom is -0.497 e. The number of hydrogen-bond acceptors (Lipinski definition) is 6. The van der Waals surface area contributed by atoms with Crippen molar-refractivity contribution in [3.8, 4) is 11.5 Å². The molecule has 0 aromatic heterocycles. The van der Waals surface area contributed by atoms with E-state index in [2.05, 4.69) is 16.9 Å². The average Bonchev–Trinajstić information content (AvgIpc) is 3.12. The summed E-state index contributed by atoms with van der Waals surface area (Å²) in [6, 6.07) is 12.3. The minimum atomic E-state index is -0.492. The molecule has 1 atom stereocenters. The Kier molecular flexibility index (Phi) is 8.19. The minimum absolute atomic E-state index is 0.184. The first-order valence-corrected chi connectivity index (χ1v) is 11.3. The zero-order valence-electron chi connectivity index (χ0n) is 18.5. The normalized spacial score (nSPS) is 15.3. The highest BCUT2D eigenvalue weighted by atomic mass is 35.5. The van der Waals surface area contributed by atoms with Gasteiger partial charge in [-0.2, -0.15) is 0 Å². The van der Waals surface area contributed by atoms with Crippen molar-refractivity contribution >= 4 is 52.1 Å². The molecule has 2 aromatic rings. The molecule has 9 heteroatoms. The second kappa shape index (κ2) is 11.1. The maximum Gasteiger partial charge on any atom is 0.283 e. The third-order valence-electron chi connectivity index (χ3n) is 4.71. The summed E-state index contributed by atoms with van der Waals surface area (Å²) in [5, 5.41) is 3.07. The second-order valence-corrected chi connectivity index (χ2v) is 8.67. The van der Waals surface area contributed by atoms with E-state index in [-0.39, 0.29) is 17.5 Å². The fourth-order valence-corrected chi connectivity index (χ4v) is 4.12. The van der Waals surface area contributed by atoms with Crippen LogP contribution in [0.15, 0.2) is 65.8 Å². The Morgan fingerprint density at radius 2 is 1.97 bits per heavy atom. The molecule has 1 heterocycles. The van der Waals surface area contributed by atoms with E-state index in [4.69, 9.17) is 21.1 Å². The summed E-state index contributed by atoms with van der Waals surface area (Å²) in [5.41, 5.74) is 1.57. The summed E-state index contributed by atoms with van der Waals surface area (Å²) < 4.78 is 10.5.